The van der Waals surface area contributed by atoms with Gasteiger partial charge >= 0.3 is 0 Å². The average molecular weight is 232 g/mol. The highest BCUT2D eigenvalue weighted by Crippen LogP contribution is 2.37. The second kappa shape index (κ2) is 5.21. The fourth-order valence-electron chi connectivity index (χ4n) is 1.47. The number of rotatable bonds is 4. The van der Waals surface area contributed by atoms with Crippen molar-refractivity contribution in [2.24, 2.45) is 0 Å². The molecule has 0 radical (unpaired) electrons. The Balaban J connectivity index is 3.31. The molecule has 1 rings (SSSR count). The molecule has 5 heteroatoms. The maximum Gasteiger partial charge on any atom is 0.164 e. The summed E-state index contributed by atoms with van der Waals surface area (Å²) >= 11 is 6.03. The first-order chi connectivity index (χ1) is 7.15. The van der Waals surface area contributed by atoms with Gasteiger partial charge in [0.25, 0.3) is 0 Å². The number of ether oxygens (including phenoxy) is 2. The Hall–Kier alpha value is -0.970. The topological polar surface area (TPSA) is 50.7 Å². The van der Waals surface area contributed by atoms with Crippen LogP contribution >= 0.6 is 11.6 Å². The Kier molecular flexibility index (Phi) is 4.20. The quantitative estimate of drug-likeness (QED) is 0.780. The van der Waals surface area contributed by atoms with Crippen LogP contribution in [-0.2, 0) is 6.54 Å². The second-order valence-corrected chi connectivity index (χ2v) is 3.44. The van der Waals surface area contributed by atoms with Crippen LogP contribution in [0.3, 0.4) is 0 Å². The molecular weight excluding hydrogens is 218 g/mol. The minimum atomic E-state index is 0.269. The van der Waals surface area contributed by atoms with Gasteiger partial charge in [-0.1, -0.05) is 11.6 Å². The predicted molar refractivity (Wildman–Crippen MR) is 57.9 cm³/mol. The summed E-state index contributed by atoms with van der Waals surface area (Å²) in [7, 11) is 3.12. The van der Waals surface area contributed by atoms with E-state index < -0.39 is 0 Å². The van der Waals surface area contributed by atoms with Crippen molar-refractivity contribution < 1.29 is 14.7 Å². The maximum absolute atomic E-state index is 8.68. The SMILES string of the molecule is COc1cc(Cl)c(CNO)c(C)c1OC. The molecule has 15 heavy (non-hydrogen) atoms. The molecule has 0 aromatic heterocycles. The molecule has 0 bridgehead atoms. The van der Waals surface area contributed by atoms with Gasteiger partial charge in [0.15, 0.2) is 11.5 Å². The molecular formula is C10H14ClNO3. The molecule has 0 aliphatic carbocycles. The van der Waals surface area contributed by atoms with Crippen molar-refractivity contribution >= 4 is 11.6 Å². The largest absolute Gasteiger partial charge is 0.493 e. The van der Waals surface area contributed by atoms with E-state index in [0.717, 1.165) is 11.1 Å². The van der Waals surface area contributed by atoms with Crippen molar-refractivity contribution in [2.45, 2.75) is 13.5 Å². The normalized spacial score (nSPS) is 10.2. The van der Waals surface area contributed by atoms with Crippen molar-refractivity contribution in [3.05, 3.63) is 22.2 Å². The minimum absolute atomic E-state index is 0.269. The van der Waals surface area contributed by atoms with E-state index >= 15 is 0 Å². The summed E-state index contributed by atoms with van der Waals surface area (Å²) in [5.74, 6) is 1.22. The highest BCUT2D eigenvalue weighted by molar-refractivity contribution is 6.31. The minimum Gasteiger partial charge on any atom is -0.493 e. The molecule has 0 heterocycles. The Labute approximate surface area is 93.7 Å². The van der Waals surface area contributed by atoms with E-state index in [1.54, 1.807) is 20.3 Å². The van der Waals surface area contributed by atoms with Crippen LogP contribution in [0.4, 0.5) is 0 Å². The molecule has 84 valence electrons. The predicted octanol–water partition coefficient (Wildman–Crippen LogP) is 2.14. The van der Waals surface area contributed by atoms with E-state index in [0.29, 0.717) is 16.5 Å². The van der Waals surface area contributed by atoms with Gasteiger partial charge in [0, 0.05) is 23.2 Å². The maximum atomic E-state index is 8.68. The molecule has 0 aliphatic heterocycles. The molecule has 0 aliphatic rings. The molecule has 0 spiro atoms. The highest BCUT2D eigenvalue weighted by atomic mass is 35.5. The van der Waals surface area contributed by atoms with Crippen molar-refractivity contribution in [3.8, 4) is 11.5 Å². The van der Waals surface area contributed by atoms with E-state index in [2.05, 4.69) is 5.48 Å². The van der Waals surface area contributed by atoms with Gasteiger partial charge < -0.3 is 14.7 Å². The number of halogens is 1. The van der Waals surface area contributed by atoms with Crippen molar-refractivity contribution in [3.63, 3.8) is 0 Å². The number of methoxy groups -OCH3 is 2. The summed E-state index contributed by atoms with van der Waals surface area (Å²) in [6.45, 7) is 2.13. The Morgan fingerprint density at radius 3 is 2.53 bits per heavy atom. The van der Waals surface area contributed by atoms with Crippen LogP contribution in [0.25, 0.3) is 0 Å². The molecule has 4 nitrogen and oxygen atoms in total. The van der Waals surface area contributed by atoms with Crippen LogP contribution in [0.15, 0.2) is 6.07 Å². The van der Waals surface area contributed by atoms with Crippen LogP contribution in [0, 0.1) is 6.92 Å². The van der Waals surface area contributed by atoms with Crippen LogP contribution in [0.5, 0.6) is 11.5 Å². The third-order valence-corrected chi connectivity index (χ3v) is 2.58. The number of hydrogen-bond acceptors (Lipinski definition) is 4. The lowest BCUT2D eigenvalue weighted by Crippen LogP contribution is -2.09. The average Bonchev–Trinajstić information content (AvgIpc) is 2.23. The van der Waals surface area contributed by atoms with Crippen LogP contribution in [-0.4, -0.2) is 19.4 Å². The fourth-order valence-corrected chi connectivity index (χ4v) is 1.78. The Morgan fingerprint density at radius 1 is 1.40 bits per heavy atom. The molecule has 1 aromatic carbocycles. The summed E-state index contributed by atoms with van der Waals surface area (Å²) in [6.07, 6.45) is 0. The van der Waals surface area contributed by atoms with E-state index in [4.69, 9.17) is 26.3 Å². The zero-order valence-corrected chi connectivity index (χ0v) is 9.68. The van der Waals surface area contributed by atoms with E-state index in [1.807, 2.05) is 6.92 Å². The summed E-state index contributed by atoms with van der Waals surface area (Å²) in [5.41, 5.74) is 3.71. The van der Waals surface area contributed by atoms with Gasteiger partial charge in [0.2, 0.25) is 0 Å². The Morgan fingerprint density at radius 2 is 2.07 bits per heavy atom. The zero-order valence-electron chi connectivity index (χ0n) is 8.93. The number of benzene rings is 1. The lowest BCUT2D eigenvalue weighted by molar-refractivity contribution is 0.161. The number of hydrogen-bond donors (Lipinski definition) is 2. The Bertz CT molecular complexity index is 355. The van der Waals surface area contributed by atoms with E-state index in [1.165, 1.54) is 0 Å². The van der Waals surface area contributed by atoms with Gasteiger partial charge in [-0.05, 0) is 12.5 Å². The molecule has 0 amide bonds. The summed E-state index contributed by atoms with van der Waals surface area (Å²) < 4.78 is 10.4. The van der Waals surface area contributed by atoms with Gasteiger partial charge in [-0.2, -0.15) is 0 Å². The molecule has 0 fully saturated rings. The van der Waals surface area contributed by atoms with Gasteiger partial charge in [-0.25, -0.2) is 5.48 Å². The van der Waals surface area contributed by atoms with Crippen LogP contribution < -0.4 is 15.0 Å². The monoisotopic (exact) mass is 231 g/mol. The van der Waals surface area contributed by atoms with E-state index in [9.17, 15) is 0 Å². The summed E-state index contributed by atoms with van der Waals surface area (Å²) in [4.78, 5) is 0. The third kappa shape index (κ3) is 2.34. The third-order valence-electron chi connectivity index (χ3n) is 2.24. The molecule has 2 N–H and O–H groups in total. The molecule has 0 saturated carbocycles. The molecule has 1 aromatic rings. The van der Waals surface area contributed by atoms with Crippen molar-refractivity contribution in [1.82, 2.24) is 5.48 Å². The standard InChI is InChI=1S/C10H14ClNO3/c1-6-7(5-12-13)8(11)4-9(14-2)10(6)15-3/h4,12-13H,5H2,1-3H3. The zero-order chi connectivity index (χ0) is 11.4. The first kappa shape index (κ1) is 12.1. The fraction of sp³-hybridized carbons (Fsp3) is 0.400. The number of nitrogens with one attached hydrogen (secondary N) is 1. The van der Waals surface area contributed by atoms with Crippen molar-refractivity contribution in [1.29, 1.82) is 0 Å². The van der Waals surface area contributed by atoms with Gasteiger partial charge in [-0.15, -0.1) is 0 Å². The lowest BCUT2D eigenvalue weighted by atomic mass is 10.1. The van der Waals surface area contributed by atoms with Crippen LogP contribution in [0.1, 0.15) is 11.1 Å². The highest BCUT2D eigenvalue weighted by Gasteiger charge is 2.14. The van der Waals surface area contributed by atoms with Crippen molar-refractivity contribution in [2.75, 3.05) is 14.2 Å². The summed E-state index contributed by atoms with van der Waals surface area (Å²) in [6, 6.07) is 1.67. The first-order valence-corrected chi connectivity index (χ1v) is 4.80. The molecule has 0 unspecified atom stereocenters. The summed E-state index contributed by atoms with van der Waals surface area (Å²) in [5, 5.41) is 9.21. The first-order valence-electron chi connectivity index (χ1n) is 4.42. The second-order valence-electron chi connectivity index (χ2n) is 3.03. The van der Waals surface area contributed by atoms with E-state index in [-0.39, 0.29) is 6.54 Å². The lowest BCUT2D eigenvalue weighted by Gasteiger charge is -2.15. The molecule has 0 atom stereocenters. The molecule has 0 saturated heterocycles. The van der Waals surface area contributed by atoms with Gasteiger partial charge in [0.05, 0.1) is 14.2 Å². The van der Waals surface area contributed by atoms with Gasteiger partial charge in [0.1, 0.15) is 0 Å². The smallest absolute Gasteiger partial charge is 0.164 e. The number of hydroxylamine groups is 1. The van der Waals surface area contributed by atoms with Gasteiger partial charge in [-0.3, -0.25) is 0 Å². The van der Waals surface area contributed by atoms with Crippen LogP contribution in [0.2, 0.25) is 5.02 Å².